The second-order valence-corrected chi connectivity index (χ2v) is 7.19. The molecule has 1 atom stereocenters. The zero-order valence-electron chi connectivity index (χ0n) is 14.9. The molecule has 1 aromatic heterocycles. The lowest BCUT2D eigenvalue weighted by Crippen LogP contribution is -2.44. The van der Waals surface area contributed by atoms with Crippen molar-refractivity contribution in [3.8, 4) is 5.75 Å². The van der Waals surface area contributed by atoms with Crippen molar-refractivity contribution >= 4 is 5.91 Å². The van der Waals surface area contributed by atoms with Gasteiger partial charge < -0.3 is 14.7 Å². The maximum Gasteiger partial charge on any atom is 0.274 e. The lowest BCUT2D eigenvalue weighted by Gasteiger charge is -2.35. The number of aromatic hydroxyl groups is 1. The Morgan fingerprint density at radius 3 is 3.00 bits per heavy atom. The minimum absolute atomic E-state index is 0.0309. The molecule has 1 amide bonds. The van der Waals surface area contributed by atoms with Gasteiger partial charge in [0, 0.05) is 30.3 Å². The first-order valence-electron chi connectivity index (χ1n) is 9.45. The maximum absolute atomic E-state index is 13.2. The Balaban J connectivity index is 1.47. The standard InChI is InChI=1S/C20H25N3O3/c24-16-8-5-14(6-9-16)4-7-15-3-1-2-11-23(15)20(25)19-17-13-26-12-10-18(17)21-22-19/h5-6,8-9,15,24H,1-4,7,10-13H2,(H,21,22)/t15-/m0/s1. The Morgan fingerprint density at radius 1 is 1.31 bits per heavy atom. The highest BCUT2D eigenvalue weighted by molar-refractivity contribution is 5.94. The number of carbonyl (C=O) groups excluding carboxylic acids is 1. The first-order valence-corrected chi connectivity index (χ1v) is 9.45. The second kappa shape index (κ2) is 7.50. The first kappa shape index (κ1) is 17.1. The number of nitrogens with zero attached hydrogens (tertiary/aromatic N) is 2. The predicted molar refractivity (Wildman–Crippen MR) is 97.1 cm³/mol. The number of rotatable bonds is 4. The fourth-order valence-electron chi connectivity index (χ4n) is 3.99. The number of hydrogen-bond acceptors (Lipinski definition) is 4. The Hall–Kier alpha value is -2.34. The molecule has 2 aromatic rings. The van der Waals surface area contributed by atoms with E-state index in [1.807, 2.05) is 17.0 Å². The van der Waals surface area contributed by atoms with Gasteiger partial charge in [0.1, 0.15) is 5.75 Å². The number of hydrogen-bond donors (Lipinski definition) is 2. The van der Waals surface area contributed by atoms with Gasteiger partial charge in [-0.1, -0.05) is 12.1 Å². The highest BCUT2D eigenvalue weighted by atomic mass is 16.5. The van der Waals surface area contributed by atoms with Crippen LogP contribution in [0.1, 0.15) is 53.0 Å². The Labute approximate surface area is 153 Å². The van der Waals surface area contributed by atoms with Gasteiger partial charge in [-0.3, -0.25) is 9.89 Å². The van der Waals surface area contributed by atoms with Crippen LogP contribution in [0.5, 0.6) is 5.75 Å². The number of phenols is 1. The zero-order chi connectivity index (χ0) is 17.9. The molecule has 4 rings (SSSR count). The normalized spacial score (nSPS) is 20.0. The van der Waals surface area contributed by atoms with E-state index in [2.05, 4.69) is 10.2 Å². The number of phenolic OH excluding ortho intramolecular Hbond substituents is 1. The number of H-pyrrole nitrogens is 1. The highest BCUT2D eigenvalue weighted by Gasteiger charge is 2.31. The van der Waals surface area contributed by atoms with Crippen molar-refractivity contribution in [1.82, 2.24) is 15.1 Å². The average Bonchev–Trinajstić information content (AvgIpc) is 3.11. The van der Waals surface area contributed by atoms with Crippen LogP contribution in [0.4, 0.5) is 0 Å². The quantitative estimate of drug-likeness (QED) is 0.884. The van der Waals surface area contributed by atoms with Gasteiger partial charge in [-0.2, -0.15) is 5.10 Å². The summed E-state index contributed by atoms with van der Waals surface area (Å²) in [7, 11) is 0. The molecule has 3 heterocycles. The number of aromatic amines is 1. The SMILES string of the molecule is O=C(c1n[nH]c2c1COCC2)N1CCCC[C@H]1CCc1ccc(O)cc1. The number of ether oxygens (including phenoxy) is 1. The van der Waals surface area contributed by atoms with Crippen molar-refractivity contribution in [2.75, 3.05) is 13.2 Å². The van der Waals surface area contributed by atoms with Gasteiger partial charge in [0.15, 0.2) is 5.69 Å². The molecule has 0 unspecified atom stereocenters. The Kier molecular flexibility index (Phi) is 4.93. The third-order valence-corrected chi connectivity index (χ3v) is 5.49. The molecule has 1 fully saturated rings. The lowest BCUT2D eigenvalue weighted by atomic mass is 9.95. The summed E-state index contributed by atoms with van der Waals surface area (Å²) < 4.78 is 5.52. The summed E-state index contributed by atoms with van der Waals surface area (Å²) >= 11 is 0. The number of aryl methyl sites for hydroxylation is 1. The van der Waals surface area contributed by atoms with Gasteiger partial charge in [-0.25, -0.2) is 0 Å². The first-order chi connectivity index (χ1) is 12.7. The molecular weight excluding hydrogens is 330 g/mol. The summed E-state index contributed by atoms with van der Waals surface area (Å²) in [5, 5.41) is 16.8. The largest absolute Gasteiger partial charge is 0.508 e. The summed E-state index contributed by atoms with van der Waals surface area (Å²) in [5.74, 6) is 0.317. The fourth-order valence-corrected chi connectivity index (χ4v) is 3.99. The van der Waals surface area contributed by atoms with Crippen LogP contribution in [0, 0.1) is 0 Å². The topological polar surface area (TPSA) is 78.5 Å². The summed E-state index contributed by atoms with van der Waals surface area (Å²) in [6.45, 7) is 1.95. The molecule has 0 bridgehead atoms. The van der Waals surface area contributed by atoms with Crippen molar-refractivity contribution in [2.24, 2.45) is 0 Å². The number of likely N-dealkylation sites (tertiary alicyclic amines) is 1. The van der Waals surface area contributed by atoms with Gasteiger partial charge in [0.05, 0.1) is 13.2 Å². The van der Waals surface area contributed by atoms with Crippen molar-refractivity contribution in [1.29, 1.82) is 0 Å². The molecule has 138 valence electrons. The molecule has 2 N–H and O–H groups in total. The number of aromatic nitrogens is 2. The summed E-state index contributed by atoms with van der Waals surface area (Å²) in [6.07, 6.45) is 5.86. The summed E-state index contributed by atoms with van der Waals surface area (Å²) in [6, 6.07) is 7.57. The van der Waals surface area contributed by atoms with Crippen LogP contribution in [0.25, 0.3) is 0 Å². The van der Waals surface area contributed by atoms with Gasteiger partial charge in [0.25, 0.3) is 5.91 Å². The zero-order valence-corrected chi connectivity index (χ0v) is 14.9. The van der Waals surface area contributed by atoms with Crippen molar-refractivity contribution in [3.63, 3.8) is 0 Å². The molecule has 0 radical (unpaired) electrons. The van der Waals surface area contributed by atoms with Crippen LogP contribution in [-0.2, 0) is 24.2 Å². The van der Waals surface area contributed by atoms with Gasteiger partial charge in [-0.15, -0.1) is 0 Å². The predicted octanol–water partition coefficient (Wildman–Crippen LogP) is 2.82. The van der Waals surface area contributed by atoms with E-state index in [0.717, 1.165) is 56.3 Å². The molecule has 26 heavy (non-hydrogen) atoms. The molecule has 6 nitrogen and oxygen atoms in total. The third kappa shape index (κ3) is 3.46. The van der Waals surface area contributed by atoms with Gasteiger partial charge >= 0.3 is 0 Å². The molecule has 0 aliphatic carbocycles. The van der Waals surface area contributed by atoms with E-state index in [4.69, 9.17) is 4.74 Å². The molecule has 0 spiro atoms. The number of fused-ring (bicyclic) bond motifs is 1. The number of amides is 1. The van der Waals surface area contributed by atoms with Crippen molar-refractivity contribution < 1.29 is 14.6 Å². The molecule has 6 heteroatoms. The Bertz CT molecular complexity index is 769. The number of piperidine rings is 1. The van der Waals surface area contributed by atoms with E-state index < -0.39 is 0 Å². The smallest absolute Gasteiger partial charge is 0.274 e. The minimum atomic E-state index is 0.0309. The number of benzene rings is 1. The van der Waals surface area contributed by atoms with Crippen LogP contribution in [0.2, 0.25) is 0 Å². The van der Waals surface area contributed by atoms with E-state index in [0.29, 0.717) is 18.9 Å². The van der Waals surface area contributed by atoms with E-state index in [-0.39, 0.29) is 17.7 Å². The van der Waals surface area contributed by atoms with Crippen molar-refractivity contribution in [2.45, 2.75) is 51.2 Å². The van der Waals surface area contributed by atoms with E-state index in [1.54, 1.807) is 12.1 Å². The number of carbonyl (C=O) groups is 1. The molecule has 0 saturated carbocycles. The van der Waals surface area contributed by atoms with Crippen LogP contribution in [0.15, 0.2) is 24.3 Å². The van der Waals surface area contributed by atoms with Crippen LogP contribution in [0.3, 0.4) is 0 Å². The van der Waals surface area contributed by atoms with Gasteiger partial charge in [-0.05, 0) is 49.8 Å². The number of nitrogens with one attached hydrogen (secondary N) is 1. The van der Waals surface area contributed by atoms with E-state index in [9.17, 15) is 9.90 Å². The molecule has 1 saturated heterocycles. The minimum Gasteiger partial charge on any atom is -0.508 e. The van der Waals surface area contributed by atoms with Crippen LogP contribution < -0.4 is 0 Å². The molecule has 1 aromatic carbocycles. The third-order valence-electron chi connectivity index (χ3n) is 5.49. The molecule has 2 aliphatic rings. The average molecular weight is 355 g/mol. The molecular formula is C20H25N3O3. The van der Waals surface area contributed by atoms with Crippen molar-refractivity contribution in [3.05, 3.63) is 46.8 Å². The van der Waals surface area contributed by atoms with Crippen LogP contribution in [-0.4, -0.2) is 45.3 Å². The monoisotopic (exact) mass is 355 g/mol. The lowest BCUT2D eigenvalue weighted by molar-refractivity contribution is 0.0585. The second-order valence-electron chi connectivity index (χ2n) is 7.19. The van der Waals surface area contributed by atoms with E-state index >= 15 is 0 Å². The highest BCUT2D eigenvalue weighted by Crippen LogP contribution is 2.26. The van der Waals surface area contributed by atoms with E-state index in [1.165, 1.54) is 5.56 Å². The molecule has 2 aliphatic heterocycles. The summed E-state index contributed by atoms with van der Waals surface area (Å²) in [5.41, 5.74) is 3.70. The maximum atomic E-state index is 13.2. The summed E-state index contributed by atoms with van der Waals surface area (Å²) in [4.78, 5) is 15.2. The fraction of sp³-hybridized carbons (Fsp3) is 0.500. The van der Waals surface area contributed by atoms with Gasteiger partial charge in [0.2, 0.25) is 0 Å². The Morgan fingerprint density at radius 2 is 2.15 bits per heavy atom. The van der Waals surface area contributed by atoms with Crippen LogP contribution >= 0.6 is 0 Å².